The summed E-state index contributed by atoms with van der Waals surface area (Å²) in [7, 11) is 0. The number of hydrogen-bond acceptors (Lipinski definition) is 4. The second-order valence-corrected chi connectivity index (χ2v) is 3.90. The summed E-state index contributed by atoms with van der Waals surface area (Å²) in [5.74, 6) is -0.186. The zero-order valence-corrected chi connectivity index (χ0v) is 8.93. The van der Waals surface area contributed by atoms with Crippen LogP contribution in [0.1, 0.15) is 23.7 Å². The van der Waals surface area contributed by atoms with E-state index in [0.717, 1.165) is 6.42 Å². The molecule has 6 heteroatoms. The van der Waals surface area contributed by atoms with E-state index in [4.69, 9.17) is 0 Å². The van der Waals surface area contributed by atoms with Gasteiger partial charge in [-0.3, -0.25) is 10.2 Å². The Morgan fingerprint density at radius 2 is 2.19 bits per heavy atom. The molecule has 2 rings (SSSR count). The van der Waals surface area contributed by atoms with Gasteiger partial charge in [-0.15, -0.1) is 0 Å². The number of nitrogens with zero attached hydrogens (tertiary/aromatic N) is 1. The molecule has 1 aromatic rings. The molecule has 3 N–H and O–H groups in total. The molecule has 1 aliphatic rings. The number of carbonyl (C=O) groups is 1. The van der Waals surface area contributed by atoms with Crippen LogP contribution in [0.5, 0.6) is 0 Å². The van der Waals surface area contributed by atoms with Crippen molar-refractivity contribution < 1.29 is 9.52 Å². The molecule has 1 saturated heterocycles. The number of pyridine rings is 1. The first-order valence-electron chi connectivity index (χ1n) is 5.16. The fraction of sp³-hybridized carbons (Fsp3) is 0.400. The molecule has 6 nitrogen and oxygen atoms in total. The largest absolute Gasteiger partial charge is 0.619 e. The highest BCUT2D eigenvalue weighted by atomic mass is 16.5. The molecule has 0 bridgehead atoms. The topological polar surface area (TPSA) is 80.1 Å². The third kappa shape index (κ3) is 2.47. The fourth-order valence-electron chi connectivity index (χ4n) is 1.61. The van der Waals surface area contributed by atoms with Gasteiger partial charge in [-0.05, 0) is 13.3 Å². The van der Waals surface area contributed by atoms with E-state index < -0.39 is 0 Å². The van der Waals surface area contributed by atoms with E-state index in [1.807, 2.05) is 6.92 Å². The van der Waals surface area contributed by atoms with Crippen LogP contribution in [0.2, 0.25) is 0 Å². The first kappa shape index (κ1) is 10.8. The van der Waals surface area contributed by atoms with Gasteiger partial charge in [-0.1, -0.05) is 0 Å². The van der Waals surface area contributed by atoms with Crippen LogP contribution in [0, 0.1) is 5.21 Å². The van der Waals surface area contributed by atoms with E-state index in [1.54, 1.807) is 0 Å². The van der Waals surface area contributed by atoms with E-state index in [0.29, 0.717) is 16.3 Å². The third-order valence-electron chi connectivity index (χ3n) is 2.46. The van der Waals surface area contributed by atoms with Crippen LogP contribution in [-0.4, -0.2) is 18.1 Å². The maximum absolute atomic E-state index is 11.7. The predicted molar refractivity (Wildman–Crippen MR) is 57.0 cm³/mol. The van der Waals surface area contributed by atoms with Gasteiger partial charge in [-0.25, -0.2) is 5.43 Å². The minimum atomic E-state index is -0.186. The zero-order valence-electron chi connectivity index (χ0n) is 8.93. The van der Waals surface area contributed by atoms with Crippen molar-refractivity contribution in [3.63, 3.8) is 0 Å². The van der Waals surface area contributed by atoms with Gasteiger partial charge in [0, 0.05) is 18.2 Å². The van der Waals surface area contributed by atoms with Gasteiger partial charge in [0.25, 0.3) is 5.91 Å². The molecular weight excluding hydrogens is 208 g/mol. The minimum absolute atomic E-state index is 0.0675. The number of carbonyl (C=O) groups excluding carboxylic acids is 1. The Hall–Kier alpha value is -1.66. The Kier molecular flexibility index (Phi) is 3.02. The lowest BCUT2D eigenvalue weighted by Crippen LogP contribution is -2.44. The Labute approximate surface area is 93.2 Å². The van der Waals surface area contributed by atoms with E-state index >= 15 is 0 Å². The van der Waals surface area contributed by atoms with Gasteiger partial charge < -0.3 is 10.5 Å². The maximum Gasteiger partial charge on any atom is 0.252 e. The van der Waals surface area contributed by atoms with Crippen LogP contribution in [0.4, 0.5) is 0 Å². The fourth-order valence-corrected chi connectivity index (χ4v) is 1.61. The van der Waals surface area contributed by atoms with Crippen molar-refractivity contribution >= 4 is 5.91 Å². The third-order valence-corrected chi connectivity index (χ3v) is 2.46. The lowest BCUT2D eigenvalue weighted by molar-refractivity contribution is -0.605. The van der Waals surface area contributed by atoms with Crippen molar-refractivity contribution in [1.82, 2.24) is 16.2 Å². The highest BCUT2D eigenvalue weighted by Gasteiger charge is 2.21. The molecule has 1 amide bonds. The Morgan fingerprint density at radius 3 is 2.75 bits per heavy atom. The summed E-state index contributed by atoms with van der Waals surface area (Å²) >= 11 is 0. The normalized spacial score (nSPS) is 24.3. The molecule has 0 aromatic carbocycles. The number of amides is 1. The summed E-state index contributed by atoms with van der Waals surface area (Å²) in [6.07, 6.45) is 3.37. The average molecular weight is 222 g/mol. The van der Waals surface area contributed by atoms with Crippen LogP contribution >= 0.6 is 0 Å². The molecule has 2 unspecified atom stereocenters. The van der Waals surface area contributed by atoms with Crippen LogP contribution in [0.25, 0.3) is 0 Å². The number of nitrogens with one attached hydrogen (secondary N) is 3. The molecule has 1 aliphatic heterocycles. The number of hydrazine groups is 1. The lowest BCUT2D eigenvalue weighted by atomic mass is 10.2. The van der Waals surface area contributed by atoms with Crippen LogP contribution < -0.4 is 20.9 Å². The maximum atomic E-state index is 11.7. The summed E-state index contributed by atoms with van der Waals surface area (Å²) in [5.41, 5.74) is 6.47. The summed E-state index contributed by atoms with van der Waals surface area (Å²) in [4.78, 5) is 11.7. The highest BCUT2D eigenvalue weighted by molar-refractivity contribution is 5.94. The van der Waals surface area contributed by atoms with Gasteiger partial charge in [0.15, 0.2) is 12.4 Å². The van der Waals surface area contributed by atoms with Gasteiger partial charge in [0.2, 0.25) is 0 Å². The van der Waals surface area contributed by atoms with Gasteiger partial charge in [0.1, 0.15) is 0 Å². The molecule has 2 atom stereocenters. The Balaban J connectivity index is 1.95. The first-order valence-corrected chi connectivity index (χ1v) is 5.16. The molecule has 86 valence electrons. The van der Waals surface area contributed by atoms with E-state index in [2.05, 4.69) is 16.2 Å². The van der Waals surface area contributed by atoms with E-state index in [-0.39, 0.29) is 12.1 Å². The van der Waals surface area contributed by atoms with Gasteiger partial charge >= 0.3 is 0 Å². The van der Waals surface area contributed by atoms with Crippen molar-refractivity contribution in [3.05, 3.63) is 35.3 Å². The predicted octanol–water partition coefficient (Wildman–Crippen LogP) is -0.738. The van der Waals surface area contributed by atoms with Crippen molar-refractivity contribution in [2.75, 3.05) is 0 Å². The highest BCUT2D eigenvalue weighted by Crippen LogP contribution is 2.03. The SMILES string of the molecule is CC1CC(NC(=O)c2cc[n+]([O-])cc2)NN1. The van der Waals surface area contributed by atoms with E-state index in [9.17, 15) is 10.0 Å². The monoisotopic (exact) mass is 222 g/mol. The number of hydrogen-bond donors (Lipinski definition) is 3. The molecule has 1 aromatic heterocycles. The van der Waals surface area contributed by atoms with Crippen molar-refractivity contribution in [1.29, 1.82) is 0 Å². The second-order valence-electron chi connectivity index (χ2n) is 3.90. The molecule has 0 radical (unpaired) electrons. The molecular formula is C10H14N4O2. The van der Waals surface area contributed by atoms with Crippen molar-refractivity contribution in [3.8, 4) is 0 Å². The number of rotatable bonds is 2. The first-order chi connectivity index (χ1) is 7.65. The summed E-state index contributed by atoms with van der Waals surface area (Å²) in [6.45, 7) is 2.03. The van der Waals surface area contributed by atoms with Crippen molar-refractivity contribution in [2.24, 2.45) is 0 Å². The lowest BCUT2D eigenvalue weighted by Gasteiger charge is -2.11. The summed E-state index contributed by atoms with van der Waals surface area (Å²) < 4.78 is 0.647. The number of aromatic nitrogens is 1. The van der Waals surface area contributed by atoms with Crippen LogP contribution in [-0.2, 0) is 0 Å². The minimum Gasteiger partial charge on any atom is -0.619 e. The second kappa shape index (κ2) is 4.46. The summed E-state index contributed by atoms with van der Waals surface area (Å²) in [5, 5.41) is 13.6. The molecule has 0 spiro atoms. The smallest absolute Gasteiger partial charge is 0.252 e. The van der Waals surface area contributed by atoms with Gasteiger partial charge in [-0.2, -0.15) is 4.73 Å². The standard InChI is InChI=1S/C10H14N4O2/c1-7-6-9(13-12-7)11-10(15)8-2-4-14(16)5-3-8/h2-5,7,9,12-13H,6H2,1H3,(H,11,15). The molecule has 16 heavy (non-hydrogen) atoms. The Morgan fingerprint density at radius 1 is 1.50 bits per heavy atom. The van der Waals surface area contributed by atoms with Crippen LogP contribution in [0.3, 0.4) is 0 Å². The quantitative estimate of drug-likeness (QED) is 0.455. The summed E-state index contributed by atoms with van der Waals surface area (Å²) in [6, 6.07) is 3.33. The van der Waals surface area contributed by atoms with E-state index in [1.165, 1.54) is 24.5 Å². The molecule has 0 aliphatic carbocycles. The average Bonchev–Trinajstić information content (AvgIpc) is 2.65. The molecule has 2 heterocycles. The van der Waals surface area contributed by atoms with Gasteiger partial charge in [0.05, 0.1) is 11.7 Å². The molecule has 0 saturated carbocycles. The van der Waals surface area contributed by atoms with Crippen molar-refractivity contribution in [2.45, 2.75) is 25.6 Å². The molecule has 1 fully saturated rings. The van der Waals surface area contributed by atoms with Crippen LogP contribution in [0.15, 0.2) is 24.5 Å². The Bertz CT molecular complexity index is 379. The zero-order chi connectivity index (χ0) is 11.5.